The minimum atomic E-state index is -1.64. The number of amides is 1. The number of aliphatic hydroxyl groups excluding tert-OH is 5. The van der Waals surface area contributed by atoms with Crippen molar-refractivity contribution in [2.75, 3.05) is 13.2 Å². The third-order valence-corrected chi connectivity index (χ3v) is 11.6. The minimum absolute atomic E-state index is 0.0694. The maximum atomic E-state index is 13.3. The summed E-state index contributed by atoms with van der Waals surface area (Å²) in [7, 11) is 0. The molecule has 1 heterocycles. The smallest absolute Gasteiger partial charge is 0.306 e. The maximum Gasteiger partial charge on any atom is 0.306 e. The third-order valence-electron chi connectivity index (χ3n) is 11.6. The van der Waals surface area contributed by atoms with Gasteiger partial charge in [0.05, 0.1) is 25.4 Å². The Labute approximate surface area is 405 Å². The number of ether oxygens (including phenoxy) is 3. The predicted octanol–water partition coefficient (Wildman–Crippen LogP) is 10.8. The van der Waals surface area contributed by atoms with Gasteiger partial charge >= 0.3 is 5.97 Å². The Morgan fingerprint density at radius 2 is 1.15 bits per heavy atom. The molecule has 11 nitrogen and oxygen atoms in total. The van der Waals surface area contributed by atoms with Crippen LogP contribution in [0.2, 0.25) is 0 Å². The van der Waals surface area contributed by atoms with Crippen LogP contribution in [-0.4, -0.2) is 99.6 Å². The third kappa shape index (κ3) is 32.9. The quantitative estimate of drug-likeness (QED) is 0.0150. The number of hydrogen-bond acceptors (Lipinski definition) is 10. The number of unbranched alkanes of at least 4 members (excludes halogenated alkanes) is 16. The largest absolute Gasteiger partial charge is 0.454 e. The molecule has 8 atom stereocenters. The van der Waals surface area contributed by atoms with Crippen molar-refractivity contribution in [1.29, 1.82) is 0 Å². The van der Waals surface area contributed by atoms with E-state index in [1.54, 1.807) is 6.08 Å². The van der Waals surface area contributed by atoms with Crippen LogP contribution in [0.1, 0.15) is 181 Å². The van der Waals surface area contributed by atoms with E-state index < -0.39 is 67.4 Å². The zero-order valence-electron chi connectivity index (χ0n) is 41.7. The fraction of sp³-hybridized carbons (Fsp3) is 0.679. The van der Waals surface area contributed by atoms with Gasteiger partial charge < -0.3 is 45.1 Å². The lowest BCUT2D eigenvalue weighted by atomic mass is 9.99. The van der Waals surface area contributed by atoms with E-state index in [2.05, 4.69) is 74.7 Å². The molecule has 0 spiro atoms. The Kier molecular flexibility index (Phi) is 40.3. The number of carbonyl (C=O) groups is 2. The number of nitrogens with one attached hydrogen (secondary N) is 1. The fourth-order valence-corrected chi connectivity index (χ4v) is 7.44. The van der Waals surface area contributed by atoms with E-state index in [0.717, 1.165) is 89.9 Å². The molecule has 0 saturated carbocycles. The molecule has 0 bridgehead atoms. The lowest BCUT2D eigenvalue weighted by Gasteiger charge is -2.41. The van der Waals surface area contributed by atoms with Crippen molar-refractivity contribution >= 4 is 11.9 Å². The molecular formula is C56H93NO10. The SMILES string of the molecule is CC/C=C/C=C/C=C\C=C/CCCCCC(=O)OC1C(OCC(NC(=O)C(O)CCCCC/C=C/C/C=C/C/C=C/CC)C(O)/C=C/CCCCCCCCCCCC)OC(CO)C(O)C1O. The summed E-state index contributed by atoms with van der Waals surface area (Å²) in [5.41, 5.74) is 0. The van der Waals surface area contributed by atoms with Gasteiger partial charge in [-0.05, 0) is 77.0 Å². The van der Waals surface area contributed by atoms with Crippen molar-refractivity contribution in [3.63, 3.8) is 0 Å². The Morgan fingerprint density at radius 3 is 1.79 bits per heavy atom. The lowest BCUT2D eigenvalue weighted by Crippen LogP contribution is -2.61. The first-order valence-corrected chi connectivity index (χ1v) is 26.1. The first kappa shape index (κ1) is 61.6. The van der Waals surface area contributed by atoms with Crippen LogP contribution in [0.4, 0.5) is 0 Å². The first-order valence-electron chi connectivity index (χ1n) is 26.1. The zero-order chi connectivity index (χ0) is 49.0. The molecule has 1 aliphatic rings. The Balaban J connectivity index is 2.84. The monoisotopic (exact) mass is 940 g/mol. The van der Waals surface area contributed by atoms with E-state index in [-0.39, 0.29) is 19.4 Å². The molecule has 1 rings (SSSR count). The molecule has 1 saturated heterocycles. The maximum absolute atomic E-state index is 13.3. The molecule has 1 aliphatic heterocycles. The molecule has 1 fully saturated rings. The van der Waals surface area contributed by atoms with Gasteiger partial charge in [-0.1, -0.05) is 195 Å². The second kappa shape index (κ2) is 43.8. The molecule has 11 heteroatoms. The molecule has 6 N–H and O–H groups in total. The van der Waals surface area contributed by atoms with Crippen LogP contribution in [0, 0.1) is 0 Å². The van der Waals surface area contributed by atoms with E-state index in [1.807, 2.05) is 42.5 Å². The average molecular weight is 940 g/mol. The van der Waals surface area contributed by atoms with Gasteiger partial charge in [0.25, 0.3) is 0 Å². The van der Waals surface area contributed by atoms with E-state index in [4.69, 9.17) is 14.2 Å². The average Bonchev–Trinajstić information content (AvgIpc) is 3.32. The Hall–Kier alpha value is -3.42. The van der Waals surface area contributed by atoms with Crippen LogP contribution >= 0.6 is 0 Å². The fourth-order valence-electron chi connectivity index (χ4n) is 7.44. The first-order chi connectivity index (χ1) is 32.7. The molecule has 0 aromatic carbocycles. The van der Waals surface area contributed by atoms with E-state index in [9.17, 15) is 35.1 Å². The van der Waals surface area contributed by atoms with Crippen LogP contribution in [0.5, 0.6) is 0 Å². The molecule has 0 radical (unpaired) electrons. The highest BCUT2D eigenvalue weighted by Gasteiger charge is 2.47. The highest BCUT2D eigenvalue weighted by Crippen LogP contribution is 2.26. The second-order valence-electron chi connectivity index (χ2n) is 17.6. The van der Waals surface area contributed by atoms with Crippen LogP contribution in [0.15, 0.2) is 97.2 Å². The summed E-state index contributed by atoms with van der Waals surface area (Å²) in [5.74, 6) is -1.27. The molecule has 8 unspecified atom stereocenters. The standard InChI is InChI=1S/C56H93NO10/c1-4-7-10-13-16-19-22-25-28-31-34-37-40-43-49(60)55(64)57-47(48(59)42-39-36-33-30-27-24-21-18-15-12-9-6-3)46-65-56-54(53(63)52(62)50(45-58)66-56)67-51(61)44-41-38-35-32-29-26-23-20-17-14-11-8-5-2/h7-8,10-11,14,16-17,19-20,23,25-26,28-29,39,42,47-50,52-54,56,58-60,62-63H,4-6,9,12-13,15,18,21-22,24,27,30-38,40-41,43-46H2,1-3H3,(H,57,64)/b10-7+,11-8+,17-14+,19-16+,23-20-,28-25+,29-26-,42-39+. The van der Waals surface area contributed by atoms with Gasteiger partial charge in [0.1, 0.15) is 24.4 Å². The lowest BCUT2D eigenvalue weighted by molar-refractivity contribution is -0.305. The van der Waals surface area contributed by atoms with Crippen LogP contribution in [0.3, 0.4) is 0 Å². The summed E-state index contributed by atoms with van der Waals surface area (Å²) < 4.78 is 17.4. The summed E-state index contributed by atoms with van der Waals surface area (Å²) in [6, 6.07) is -1.05. The molecule has 0 aliphatic carbocycles. The van der Waals surface area contributed by atoms with E-state index in [0.29, 0.717) is 12.8 Å². The van der Waals surface area contributed by atoms with Crippen molar-refractivity contribution < 1.29 is 49.3 Å². The number of allylic oxidation sites excluding steroid dienone is 15. The minimum Gasteiger partial charge on any atom is -0.454 e. The summed E-state index contributed by atoms with van der Waals surface area (Å²) >= 11 is 0. The van der Waals surface area contributed by atoms with Crippen LogP contribution < -0.4 is 5.32 Å². The van der Waals surface area contributed by atoms with Gasteiger partial charge in [0, 0.05) is 6.42 Å². The van der Waals surface area contributed by atoms with E-state index in [1.165, 1.54) is 44.9 Å². The molecule has 0 aromatic heterocycles. The Bertz CT molecular complexity index is 1450. The summed E-state index contributed by atoms with van der Waals surface area (Å²) in [6.07, 6.45) is 46.1. The van der Waals surface area contributed by atoms with Crippen LogP contribution in [0.25, 0.3) is 0 Å². The zero-order valence-corrected chi connectivity index (χ0v) is 41.7. The molecule has 67 heavy (non-hydrogen) atoms. The molecule has 0 aromatic rings. The molecular weight excluding hydrogens is 847 g/mol. The van der Waals surface area contributed by atoms with Gasteiger partial charge in [-0.3, -0.25) is 9.59 Å². The predicted molar refractivity (Wildman–Crippen MR) is 273 cm³/mol. The van der Waals surface area contributed by atoms with Crippen LogP contribution in [-0.2, 0) is 23.8 Å². The molecule has 1 amide bonds. The Morgan fingerprint density at radius 1 is 0.612 bits per heavy atom. The second-order valence-corrected chi connectivity index (χ2v) is 17.6. The summed E-state index contributed by atoms with van der Waals surface area (Å²) in [5, 5.41) is 56.5. The summed E-state index contributed by atoms with van der Waals surface area (Å²) in [4.78, 5) is 26.3. The highest BCUT2D eigenvalue weighted by atomic mass is 16.7. The van der Waals surface area contributed by atoms with Gasteiger partial charge in [0.15, 0.2) is 12.4 Å². The van der Waals surface area contributed by atoms with Crippen molar-refractivity contribution in [2.45, 2.75) is 230 Å². The number of rotatable bonds is 41. The highest BCUT2D eigenvalue weighted by molar-refractivity contribution is 5.80. The van der Waals surface area contributed by atoms with Crippen molar-refractivity contribution in [3.05, 3.63) is 97.2 Å². The summed E-state index contributed by atoms with van der Waals surface area (Å²) in [6.45, 7) is 5.44. The van der Waals surface area contributed by atoms with Gasteiger partial charge in [-0.25, -0.2) is 0 Å². The number of hydrogen-bond donors (Lipinski definition) is 6. The van der Waals surface area contributed by atoms with Gasteiger partial charge in [-0.2, -0.15) is 0 Å². The van der Waals surface area contributed by atoms with Gasteiger partial charge in [0.2, 0.25) is 5.91 Å². The van der Waals surface area contributed by atoms with Crippen molar-refractivity contribution in [2.24, 2.45) is 0 Å². The van der Waals surface area contributed by atoms with Crippen molar-refractivity contribution in [1.82, 2.24) is 5.32 Å². The van der Waals surface area contributed by atoms with E-state index >= 15 is 0 Å². The van der Waals surface area contributed by atoms with Crippen molar-refractivity contribution in [3.8, 4) is 0 Å². The topological polar surface area (TPSA) is 175 Å². The normalized spacial score (nSPS) is 20.9. The number of carbonyl (C=O) groups excluding carboxylic acids is 2. The molecule has 382 valence electrons. The number of aliphatic hydroxyl groups is 5. The van der Waals surface area contributed by atoms with Gasteiger partial charge in [-0.15, -0.1) is 0 Å². The number of esters is 1.